The normalized spacial score (nSPS) is 16.3. The molecule has 0 spiro atoms. The van der Waals surface area contributed by atoms with Crippen molar-refractivity contribution in [2.24, 2.45) is 7.05 Å². The molecule has 3 heterocycles. The Labute approximate surface area is 147 Å². The molecule has 1 aliphatic heterocycles. The number of β-amino-alcohol motifs (C(OH)–C–C–N with tert-alkyl or cyclic N) is 1. The second kappa shape index (κ2) is 6.28. The molecule has 4 rings (SSSR count). The van der Waals surface area contributed by atoms with Crippen LogP contribution in [0.2, 0.25) is 0 Å². The standard InChI is InChI=1S/C19H25N5O/c1-13-6-16-19(7-14(13)2)24(12-21-16)9-15(25)8-23-5-4-18-17(10-23)20-11-22(18)3/h6-7,11-12,15,25H,4-5,8-10H2,1-3H3. The molecule has 2 aromatic heterocycles. The van der Waals surface area contributed by atoms with E-state index in [9.17, 15) is 5.11 Å². The lowest BCUT2D eigenvalue weighted by Gasteiger charge is -2.28. The first-order valence-electron chi connectivity index (χ1n) is 8.83. The summed E-state index contributed by atoms with van der Waals surface area (Å²) in [5.41, 5.74) is 7.04. The van der Waals surface area contributed by atoms with Gasteiger partial charge in [-0.15, -0.1) is 0 Å². The summed E-state index contributed by atoms with van der Waals surface area (Å²) in [4.78, 5) is 11.2. The third-order valence-corrected chi connectivity index (χ3v) is 5.30. The van der Waals surface area contributed by atoms with Crippen molar-refractivity contribution in [3.05, 3.63) is 47.3 Å². The maximum absolute atomic E-state index is 10.6. The first-order chi connectivity index (χ1) is 12.0. The molecule has 1 unspecified atom stereocenters. The molecule has 0 amide bonds. The number of imidazole rings is 2. The monoisotopic (exact) mass is 339 g/mol. The van der Waals surface area contributed by atoms with Gasteiger partial charge in [0.15, 0.2) is 0 Å². The van der Waals surface area contributed by atoms with E-state index in [0.717, 1.165) is 36.2 Å². The lowest BCUT2D eigenvalue weighted by molar-refractivity contribution is 0.0916. The average molecular weight is 339 g/mol. The van der Waals surface area contributed by atoms with Crippen molar-refractivity contribution in [2.75, 3.05) is 13.1 Å². The first-order valence-corrected chi connectivity index (χ1v) is 8.83. The van der Waals surface area contributed by atoms with E-state index in [1.165, 1.54) is 16.8 Å². The third-order valence-electron chi connectivity index (χ3n) is 5.30. The van der Waals surface area contributed by atoms with Gasteiger partial charge >= 0.3 is 0 Å². The number of fused-ring (bicyclic) bond motifs is 2. The molecule has 0 fully saturated rings. The number of nitrogens with zero attached hydrogens (tertiary/aromatic N) is 5. The van der Waals surface area contributed by atoms with Crippen molar-refractivity contribution in [1.82, 2.24) is 24.0 Å². The van der Waals surface area contributed by atoms with Crippen LogP contribution in [-0.4, -0.2) is 48.3 Å². The maximum atomic E-state index is 10.6. The van der Waals surface area contributed by atoms with Crippen molar-refractivity contribution in [2.45, 2.75) is 39.5 Å². The Bertz CT molecular complexity index is 910. The minimum absolute atomic E-state index is 0.427. The smallest absolute Gasteiger partial charge is 0.0959 e. The summed E-state index contributed by atoms with van der Waals surface area (Å²) in [6.07, 6.45) is 4.28. The zero-order chi connectivity index (χ0) is 17.6. The van der Waals surface area contributed by atoms with Gasteiger partial charge in [0.05, 0.1) is 42.0 Å². The highest BCUT2D eigenvalue weighted by Crippen LogP contribution is 2.20. The Hall–Kier alpha value is -2.18. The number of aryl methyl sites for hydroxylation is 3. The van der Waals surface area contributed by atoms with Crippen LogP contribution in [0.25, 0.3) is 11.0 Å². The molecule has 0 aliphatic carbocycles. The fraction of sp³-hybridized carbons (Fsp3) is 0.474. The van der Waals surface area contributed by atoms with Crippen LogP contribution in [0.4, 0.5) is 0 Å². The van der Waals surface area contributed by atoms with Gasteiger partial charge in [-0.05, 0) is 37.1 Å². The SMILES string of the molecule is Cc1cc2ncn(CC(O)CN3CCc4c(ncn4C)C3)c2cc1C. The lowest BCUT2D eigenvalue weighted by atomic mass is 10.1. The predicted molar refractivity (Wildman–Crippen MR) is 97.4 cm³/mol. The van der Waals surface area contributed by atoms with Crippen molar-refractivity contribution >= 4 is 11.0 Å². The quantitative estimate of drug-likeness (QED) is 0.787. The summed E-state index contributed by atoms with van der Waals surface area (Å²) in [6.45, 7) is 7.21. The van der Waals surface area contributed by atoms with E-state index in [1.807, 2.05) is 19.7 Å². The summed E-state index contributed by atoms with van der Waals surface area (Å²) in [7, 11) is 2.05. The van der Waals surface area contributed by atoms with E-state index in [4.69, 9.17) is 0 Å². The molecule has 1 aliphatic rings. The van der Waals surface area contributed by atoms with Gasteiger partial charge in [0.1, 0.15) is 0 Å². The van der Waals surface area contributed by atoms with Gasteiger partial charge in [-0.25, -0.2) is 9.97 Å². The molecule has 3 aromatic rings. The highest BCUT2D eigenvalue weighted by atomic mass is 16.3. The average Bonchev–Trinajstić information content (AvgIpc) is 3.12. The van der Waals surface area contributed by atoms with E-state index in [-0.39, 0.29) is 0 Å². The van der Waals surface area contributed by atoms with Gasteiger partial charge < -0.3 is 14.2 Å². The Morgan fingerprint density at radius 2 is 1.92 bits per heavy atom. The van der Waals surface area contributed by atoms with Crippen LogP contribution in [0, 0.1) is 13.8 Å². The summed E-state index contributed by atoms with van der Waals surface area (Å²) >= 11 is 0. The van der Waals surface area contributed by atoms with Crippen LogP contribution in [0.5, 0.6) is 0 Å². The molecule has 0 saturated carbocycles. The fourth-order valence-corrected chi connectivity index (χ4v) is 3.71. The fourth-order valence-electron chi connectivity index (χ4n) is 3.71. The zero-order valence-corrected chi connectivity index (χ0v) is 15.1. The third kappa shape index (κ3) is 3.07. The van der Waals surface area contributed by atoms with E-state index in [1.54, 1.807) is 0 Å². The van der Waals surface area contributed by atoms with Crippen molar-refractivity contribution in [1.29, 1.82) is 0 Å². The molecule has 0 saturated heterocycles. The van der Waals surface area contributed by atoms with Crippen molar-refractivity contribution in [3.8, 4) is 0 Å². The number of hydrogen-bond donors (Lipinski definition) is 1. The molecule has 0 bridgehead atoms. The number of benzene rings is 1. The molecule has 6 nitrogen and oxygen atoms in total. The molecule has 6 heteroatoms. The van der Waals surface area contributed by atoms with Crippen LogP contribution < -0.4 is 0 Å². The van der Waals surface area contributed by atoms with Crippen LogP contribution in [0.15, 0.2) is 24.8 Å². The number of aliphatic hydroxyl groups excluding tert-OH is 1. The number of aromatic nitrogens is 4. The zero-order valence-electron chi connectivity index (χ0n) is 15.1. The molecule has 1 atom stereocenters. The summed E-state index contributed by atoms with van der Waals surface area (Å²) in [5, 5.41) is 10.6. The topological polar surface area (TPSA) is 59.1 Å². The predicted octanol–water partition coefficient (Wildman–Crippen LogP) is 1.81. The number of rotatable bonds is 4. The van der Waals surface area contributed by atoms with Crippen LogP contribution in [0.1, 0.15) is 22.5 Å². The van der Waals surface area contributed by atoms with E-state index in [0.29, 0.717) is 13.1 Å². The molecule has 1 N–H and O–H groups in total. The first kappa shape index (κ1) is 16.3. The summed E-state index contributed by atoms with van der Waals surface area (Å²) in [5.74, 6) is 0. The van der Waals surface area contributed by atoms with Crippen molar-refractivity contribution < 1.29 is 5.11 Å². The Balaban J connectivity index is 1.44. The van der Waals surface area contributed by atoms with E-state index < -0.39 is 6.10 Å². The highest BCUT2D eigenvalue weighted by molar-refractivity contribution is 5.77. The summed E-state index contributed by atoms with van der Waals surface area (Å²) < 4.78 is 4.16. The molecule has 132 valence electrons. The van der Waals surface area contributed by atoms with E-state index in [2.05, 4.69) is 50.0 Å². The minimum Gasteiger partial charge on any atom is -0.390 e. The Morgan fingerprint density at radius 1 is 1.12 bits per heavy atom. The minimum atomic E-state index is -0.427. The van der Waals surface area contributed by atoms with Gasteiger partial charge in [0, 0.05) is 38.8 Å². The molecular weight excluding hydrogens is 314 g/mol. The van der Waals surface area contributed by atoms with Gasteiger partial charge in [-0.2, -0.15) is 0 Å². The number of aliphatic hydroxyl groups is 1. The molecule has 25 heavy (non-hydrogen) atoms. The lowest BCUT2D eigenvalue weighted by Crippen LogP contribution is -2.38. The second-order valence-corrected chi connectivity index (χ2v) is 7.21. The Morgan fingerprint density at radius 3 is 2.76 bits per heavy atom. The molecule has 1 aromatic carbocycles. The van der Waals surface area contributed by atoms with Gasteiger partial charge in [0.25, 0.3) is 0 Å². The highest BCUT2D eigenvalue weighted by Gasteiger charge is 2.22. The van der Waals surface area contributed by atoms with Crippen molar-refractivity contribution in [3.63, 3.8) is 0 Å². The van der Waals surface area contributed by atoms with E-state index >= 15 is 0 Å². The number of hydrogen-bond acceptors (Lipinski definition) is 4. The molecule has 0 radical (unpaired) electrons. The van der Waals surface area contributed by atoms with Gasteiger partial charge in [-0.3, -0.25) is 4.90 Å². The molecular formula is C19H25N5O. The Kier molecular flexibility index (Phi) is 4.09. The van der Waals surface area contributed by atoms with Crippen LogP contribution >= 0.6 is 0 Å². The summed E-state index contributed by atoms with van der Waals surface area (Å²) in [6, 6.07) is 4.27. The van der Waals surface area contributed by atoms with Gasteiger partial charge in [-0.1, -0.05) is 0 Å². The van der Waals surface area contributed by atoms with Crippen LogP contribution in [0.3, 0.4) is 0 Å². The van der Waals surface area contributed by atoms with Crippen LogP contribution in [-0.2, 0) is 26.6 Å². The largest absolute Gasteiger partial charge is 0.390 e. The van der Waals surface area contributed by atoms with Gasteiger partial charge in [0.2, 0.25) is 0 Å². The maximum Gasteiger partial charge on any atom is 0.0959 e. The second-order valence-electron chi connectivity index (χ2n) is 7.21.